The van der Waals surface area contributed by atoms with E-state index in [0.29, 0.717) is 67.7 Å². The summed E-state index contributed by atoms with van der Waals surface area (Å²) >= 11 is 11.9. The maximum Gasteiger partial charge on any atom is 0.312 e. The summed E-state index contributed by atoms with van der Waals surface area (Å²) in [6.07, 6.45) is 3.42. The SMILES string of the molecule is COC(=O)C1CC2CC(c3nn(C)c(N)c3C(=O)Nc3ccc(F)c(Cl)c3)CC2C1OC(=O)C1CC2CC(c3nn(C)c(N)c3C(=O)Nc3ccc(F)c(Cl)c3)CC2C1. The van der Waals surface area contributed by atoms with Gasteiger partial charge in [0.15, 0.2) is 0 Å². The number of halogens is 4. The molecular formula is C41H44Cl2F2N8O6. The fraction of sp³-hybridized carbons (Fsp3) is 0.463. The first-order chi connectivity index (χ1) is 28.1. The highest BCUT2D eigenvalue weighted by atomic mass is 35.5. The van der Waals surface area contributed by atoms with Crippen LogP contribution < -0.4 is 22.1 Å². The van der Waals surface area contributed by atoms with Crippen molar-refractivity contribution in [1.29, 1.82) is 0 Å². The van der Waals surface area contributed by atoms with E-state index in [-0.39, 0.29) is 80.2 Å². The normalized spacial score (nSPS) is 27.0. The van der Waals surface area contributed by atoms with Crippen LogP contribution in [0.3, 0.4) is 0 Å². The monoisotopic (exact) mass is 852 g/mol. The molecular weight excluding hydrogens is 809 g/mol. The lowest BCUT2D eigenvalue weighted by molar-refractivity contribution is -0.164. The number of nitrogen functional groups attached to an aromatic ring is 2. The zero-order valence-corrected chi connectivity index (χ0v) is 34.0. The molecule has 2 heterocycles. The first-order valence-corrected chi connectivity index (χ1v) is 20.3. The van der Waals surface area contributed by atoms with E-state index in [4.69, 9.17) is 44.1 Å². The second-order valence-corrected chi connectivity index (χ2v) is 17.2. The van der Waals surface area contributed by atoms with Gasteiger partial charge in [0.1, 0.15) is 40.5 Å². The molecule has 7 atom stereocenters. The van der Waals surface area contributed by atoms with Crippen LogP contribution in [0.5, 0.6) is 0 Å². The molecule has 0 saturated heterocycles. The van der Waals surface area contributed by atoms with E-state index in [1.165, 1.54) is 46.8 Å². The Kier molecular flexibility index (Phi) is 10.8. The Bertz CT molecular complexity index is 2360. The predicted octanol–water partition coefficient (Wildman–Crippen LogP) is 6.84. The van der Waals surface area contributed by atoms with E-state index in [9.17, 15) is 28.0 Å². The highest BCUT2D eigenvalue weighted by molar-refractivity contribution is 6.31. The first kappa shape index (κ1) is 40.6. The number of carbonyl (C=O) groups excluding carboxylic acids is 4. The lowest BCUT2D eigenvalue weighted by Crippen LogP contribution is -2.35. The third kappa shape index (κ3) is 7.49. The Morgan fingerprint density at radius 3 is 1.66 bits per heavy atom. The van der Waals surface area contributed by atoms with Gasteiger partial charge < -0.3 is 31.6 Å². The first-order valence-electron chi connectivity index (χ1n) is 19.6. The molecule has 59 heavy (non-hydrogen) atoms. The molecule has 0 spiro atoms. The molecule has 4 aliphatic rings. The summed E-state index contributed by atoms with van der Waals surface area (Å²) in [6.45, 7) is 0. The summed E-state index contributed by atoms with van der Waals surface area (Å²) in [5, 5.41) is 14.5. The lowest BCUT2D eigenvalue weighted by atomic mass is 9.91. The Balaban J connectivity index is 0.936. The number of aryl methyl sites for hydroxylation is 2. The van der Waals surface area contributed by atoms with Gasteiger partial charge in [0, 0.05) is 43.2 Å². The fourth-order valence-electron chi connectivity index (χ4n) is 10.3. The molecule has 0 aliphatic heterocycles. The number of carbonyl (C=O) groups is 4. The van der Waals surface area contributed by atoms with E-state index in [0.717, 1.165) is 6.07 Å². The zero-order chi connectivity index (χ0) is 42.0. The summed E-state index contributed by atoms with van der Waals surface area (Å²) in [4.78, 5) is 54.1. The van der Waals surface area contributed by atoms with Gasteiger partial charge in [0.05, 0.1) is 40.4 Å². The van der Waals surface area contributed by atoms with Crippen molar-refractivity contribution in [1.82, 2.24) is 19.6 Å². The highest BCUT2D eigenvalue weighted by Crippen LogP contribution is 2.56. The number of amides is 2. The number of fused-ring (bicyclic) bond motifs is 2. The molecule has 4 aromatic rings. The van der Waals surface area contributed by atoms with E-state index < -0.39 is 41.4 Å². The van der Waals surface area contributed by atoms with Gasteiger partial charge >= 0.3 is 11.9 Å². The zero-order valence-electron chi connectivity index (χ0n) is 32.5. The predicted molar refractivity (Wildman–Crippen MR) is 215 cm³/mol. The molecule has 2 aromatic carbocycles. The number of nitrogens with two attached hydrogens (primary N) is 2. The van der Waals surface area contributed by atoms with Gasteiger partial charge in [0.25, 0.3) is 11.8 Å². The average molecular weight is 854 g/mol. The van der Waals surface area contributed by atoms with Crippen LogP contribution in [0.2, 0.25) is 10.0 Å². The number of methoxy groups -OCH3 is 1. The van der Waals surface area contributed by atoms with E-state index in [1.807, 2.05) is 0 Å². The smallest absolute Gasteiger partial charge is 0.312 e. The Hall–Kier alpha value is -5.22. The molecule has 0 radical (unpaired) electrons. The molecule has 0 bridgehead atoms. The summed E-state index contributed by atoms with van der Waals surface area (Å²) < 4.78 is 41.9. The number of benzene rings is 2. The summed E-state index contributed by atoms with van der Waals surface area (Å²) in [6, 6.07) is 7.78. The number of anilines is 4. The van der Waals surface area contributed by atoms with Crippen molar-refractivity contribution >= 4 is 70.0 Å². The Morgan fingerprint density at radius 2 is 1.19 bits per heavy atom. The van der Waals surface area contributed by atoms with Crippen molar-refractivity contribution in [3.63, 3.8) is 0 Å². The van der Waals surface area contributed by atoms with Gasteiger partial charge in [-0.2, -0.15) is 10.2 Å². The second kappa shape index (κ2) is 15.8. The minimum atomic E-state index is -0.716. The largest absolute Gasteiger partial charge is 0.469 e. The third-order valence-electron chi connectivity index (χ3n) is 13.0. The summed E-state index contributed by atoms with van der Waals surface area (Å²) in [5.41, 5.74) is 14.8. The highest BCUT2D eigenvalue weighted by Gasteiger charge is 2.55. The van der Waals surface area contributed by atoms with Crippen LogP contribution in [0.25, 0.3) is 0 Å². The van der Waals surface area contributed by atoms with Crippen LogP contribution in [-0.2, 0) is 33.2 Å². The minimum absolute atomic E-state index is 0.00193. The molecule has 4 aliphatic carbocycles. The van der Waals surface area contributed by atoms with Crippen molar-refractivity contribution in [3.8, 4) is 0 Å². The van der Waals surface area contributed by atoms with E-state index in [1.54, 1.807) is 14.1 Å². The van der Waals surface area contributed by atoms with Gasteiger partial charge in [0.2, 0.25) is 0 Å². The standard InChI is InChI=1S/C41H44Cl2F2N8O6/c1-52-36(46)31(38(54)48-23-4-6-29(44)27(42)15-23)33(50-52)20-8-17-10-22(11-18(17)9-20)40(56)59-35-25-14-21(12-19(25)13-26(35)41(57)58-3)34-32(37(47)53(2)51-34)39(55)49-24-5-7-30(45)28(43)16-24/h4-7,15-22,25-26,35H,8-14,46-47H2,1-3H3,(H,48,54)(H,49,55). The van der Waals surface area contributed by atoms with Crippen LogP contribution in [0, 0.1) is 47.1 Å². The quantitative estimate of drug-likeness (QED) is 0.129. The number of ether oxygens (including phenoxy) is 2. The molecule has 312 valence electrons. The molecule has 4 fully saturated rings. The number of nitrogens with one attached hydrogen (secondary N) is 2. The van der Waals surface area contributed by atoms with Crippen molar-refractivity contribution in [3.05, 3.63) is 80.6 Å². The van der Waals surface area contributed by atoms with Gasteiger partial charge in [-0.15, -0.1) is 0 Å². The van der Waals surface area contributed by atoms with Crippen molar-refractivity contribution in [2.24, 2.45) is 49.6 Å². The van der Waals surface area contributed by atoms with E-state index in [2.05, 4.69) is 20.8 Å². The van der Waals surface area contributed by atoms with Crippen LogP contribution in [0.1, 0.15) is 88.9 Å². The number of nitrogens with zero attached hydrogens (tertiary/aromatic N) is 4. The lowest BCUT2D eigenvalue weighted by Gasteiger charge is -2.25. The molecule has 14 nitrogen and oxygen atoms in total. The van der Waals surface area contributed by atoms with Crippen molar-refractivity contribution in [2.45, 2.75) is 62.9 Å². The molecule has 8 rings (SSSR count). The van der Waals surface area contributed by atoms with Crippen LogP contribution in [-0.4, -0.2) is 56.5 Å². The summed E-state index contributed by atoms with van der Waals surface area (Å²) in [7, 11) is 4.64. The fourth-order valence-corrected chi connectivity index (χ4v) is 10.7. The minimum Gasteiger partial charge on any atom is -0.469 e. The third-order valence-corrected chi connectivity index (χ3v) is 13.6. The number of rotatable bonds is 9. The molecule has 6 N–H and O–H groups in total. The Labute approximate surface area is 348 Å². The maximum absolute atomic E-state index is 14.0. The number of aromatic nitrogens is 4. The number of hydrogen-bond acceptors (Lipinski definition) is 10. The van der Waals surface area contributed by atoms with Gasteiger partial charge in [-0.25, -0.2) is 8.78 Å². The molecule has 2 aromatic heterocycles. The molecule has 7 unspecified atom stereocenters. The Morgan fingerprint density at radius 1 is 0.712 bits per heavy atom. The maximum atomic E-state index is 14.0. The average Bonchev–Trinajstić information content (AvgIpc) is 4.04. The number of esters is 2. The summed E-state index contributed by atoms with van der Waals surface area (Å²) in [5.74, 6) is -3.73. The van der Waals surface area contributed by atoms with Crippen molar-refractivity contribution in [2.75, 3.05) is 29.2 Å². The van der Waals surface area contributed by atoms with Crippen LogP contribution >= 0.6 is 23.2 Å². The van der Waals surface area contributed by atoms with E-state index >= 15 is 0 Å². The number of hydrogen-bond donors (Lipinski definition) is 4. The van der Waals surface area contributed by atoms with Crippen LogP contribution in [0.15, 0.2) is 36.4 Å². The van der Waals surface area contributed by atoms with Gasteiger partial charge in [-0.1, -0.05) is 23.2 Å². The molecule has 2 amide bonds. The van der Waals surface area contributed by atoms with Crippen LogP contribution in [0.4, 0.5) is 31.8 Å². The van der Waals surface area contributed by atoms with Crippen molar-refractivity contribution < 1.29 is 37.4 Å². The van der Waals surface area contributed by atoms with Gasteiger partial charge in [-0.05, 0) is 99.1 Å². The molecule has 18 heteroatoms. The topological polar surface area (TPSA) is 198 Å². The second-order valence-electron chi connectivity index (χ2n) is 16.4. The van der Waals surface area contributed by atoms with Gasteiger partial charge in [-0.3, -0.25) is 28.5 Å². The molecule has 4 saturated carbocycles.